The third kappa shape index (κ3) is 2.90. The van der Waals surface area contributed by atoms with Crippen LogP contribution in [0.15, 0.2) is 47.4 Å². The quantitative estimate of drug-likeness (QED) is 0.939. The van der Waals surface area contributed by atoms with Gasteiger partial charge in [0.25, 0.3) is 0 Å². The third-order valence-electron chi connectivity index (χ3n) is 3.35. The molecular formula is C15H14FNO4S. The van der Waals surface area contributed by atoms with Crippen molar-refractivity contribution in [2.24, 2.45) is 0 Å². The maximum Gasteiger partial charge on any atom is 0.241 e. The molecule has 2 aromatic rings. The van der Waals surface area contributed by atoms with Crippen LogP contribution < -0.4 is 14.2 Å². The molecule has 7 heteroatoms. The minimum absolute atomic E-state index is 0.0153. The van der Waals surface area contributed by atoms with E-state index in [1.54, 1.807) is 25.1 Å². The molecule has 1 aliphatic rings. The first kappa shape index (κ1) is 14.8. The van der Waals surface area contributed by atoms with Gasteiger partial charge in [-0.3, -0.25) is 0 Å². The molecular weight excluding hydrogens is 309 g/mol. The van der Waals surface area contributed by atoms with E-state index in [4.69, 9.17) is 9.47 Å². The van der Waals surface area contributed by atoms with Gasteiger partial charge in [0.05, 0.1) is 4.90 Å². The van der Waals surface area contributed by atoms with Crippen molar-refractivity contribution in [1.29, 1.82) is 0 Å². The zero-order chi connectivity index (χ0) is 15.7. The van der Waals surface area contributed by atoms with Gasteiger partial charge in [-0.1, -0.05) is 6.07 Å². The summed E-state index contributed by atoms with van der Waals surface area (Å²) in [6.07, 6.45) is 0. The van der Waals surface area contributed by atoms with Gasteiger partial charge in [0, 0.05) is 6.04 Å². The molecule has 1 heterocycles. The summed E-state index contributed by atoms with van der Waals surface area (Å²) in [5, 5.41) is 0. The van der Waals surface area contributed by atoms with Gasteiger partial charge < -0.3 is 9.47 Å². The summed E-state index contributed by atoms with van der Waals surface area (Å²) < 4.78 is 50.5. The normalized spacial score (nSPS) is 14.8. The number of nitrogens with one attached hydrogen (secondary N) is 1. The van der Waals surface area contributed by atoms with Crippen molar-refractivity contribution in [2.45, 2.75) is 17.9 Å². The molecule has 0 aliphatic carbocycles. The Morgan fingerprint density at radius 3 is 2.50 bits per heavy atom. The van der Waals surface area contributed by atoms with Crippen LogP contribution >= 0.6 is 0 Å². The topological polar surface area (TPSA) is 64.6 Å². The molecule has 116 valence electrons. The molecule has 0 fully saturated rings. The minimum Gasteiger partial charge on any atom is -0.454 e. The zero-order valence-corrected chi connectivity index (χ0v) is 12.6. The summed E-state index contributed by atoms with van der Waals surface area (Å²) in [4.78, 5) is 0.0153. The van der Waals surface area contributed by atoms with Gasteiger partial charge >= 0.3 is 0 Å². The van der Waals surface area contributed by atoms with E-state index in [1.165, 1.54) is 12.1 Å². The number of hydrogen-bond donors (Lipinski definition) is 1. The highest BCUT2D eigenvalue weighted by Gasteiger charge is 2.21. The molecule has 0 radical (unpaired) electrons. The lowest BCUT2D eigenvalue weighted by molar-refractivity contribution is 0.174. The maximum absolute atomic E-state index is 12.9. The number of halogens is 1. The van der Waals surface area contributed by atoms with E-state index in [0.717, 1.165) is 17.7 Å². The molecule has 3 rings (SSSR count). The van der Waals surface area contributed by atoms with Crippen LogP contribution in [0, 0.1) is 5.82 Å². The fraction of sp³-hybridized carbons (Fsp3) is 0.200. The van der Waals surface area contributed by atoms with Crippen LogP contribution in [0.1, 0.15) is 18.5 Å². The molecule has 0 bridgehead atoms. The molecule has 5 nitrogen and oxygen atoms in total. The van der Waals surface area contributed by atoms with Crippen LogP contribution in [-0.2, 0) is 10.0 Å². The number of ether oxygens (including phenoxy) is 2. The molecule has 1 aliphatic heterocycles. The highest BCUT2D eigenvalue weighted by atomic mass is 32.2. The summed E-state index contributed by atoms with van der Waals surface area (Å²) in [5.74, 6) is 0.741. The van der Waals surface area contributed by atoms with E-state index in [9.17, 15) is 12.8 Å². The van der Waals surface area contributed by atoms with Crippen molar-refractivity contribution >= 4 is 10.0 Å². The van der Waals surface area contributed by atoms with Crippen molar-refractivity contribution in [3.63, 3.8) is 0 Å². The predicted octanol–water partition coefficient (Wildman–Crippen LogP) is 2.59. The minimum atomic E-state index is -3.73. The Bertz CT molecular complexity index is 790. The average Bonchev–Trinajstić information content (AvgIpc) is 2.94. The van der Waals surface area contributed by atoms with Gasteiger partial charge in [0.15, 0.2) is 11.5 Å². The van der Waals surface area contributed by atoms with Crippen LogP contribution in [0.5, 0.6) is 11.5 Å². The van der Waals surface area contributed by atoms with Crippen LogP contribution in [0.25, 0.3) is 0 Å². The first-order valence-electron chi connectivity index (χ1n) is 6.63. The second kappa shape index (κ2) is 5.58. The summed E-state index contributed by atoms with van der Waals surface area (Å²) >= 11 is 0. The summed E-state index contributed by atoms with van der Waals surface area (Å²) in [5.41, 5.74) is 0.745. The van der Waals surface area contributed by atoms with Gasteiger partial charge in [0.1, 0.15) is 5.82 Å². The molecule has 0 unspecified atom stereocenters. The van der Waals surface area contributed by atoms with Gasteiger partial charge in [0.2, 0.25) is 16.8 Å². The first-order valence-corrected chi connectivity index (χ1v) is 8.11. The van der Waals surface area contributed by atoms with Crippen molar-refractivity contribution in [3.8, 4) is 11.5 Å². The largest absolute Gasteiger partial charge is 0.454 e. The Hall–Kier alpha value is -2.12. The highest BCUT2D eigenvalue weighted by Crippen LogP contribution is 2.34. The lowest BCUT2D eigenvalue weighted by Gasteiger charge is -2.15. The van der Waals surface area contributed by atoms with E-state index < -0.39 is 21.9 Å². The molecule has 0 spiro atoms. The SMILES string of the molecule is C[C@@H](NS(=O)(=O)c1ccc(F)cc1)c1ccc2c(c1)OCO2. The van der Waals surface area contributed by atoms with E-state index in [-0.39, 0.29) is 11.7 Å². The van der Waals surface area contributed by atoms with Crippen LogP contribution in [-0.4, -0.2) is 15.2 Å². The summed E-state index contributed by atoms with van der Waals surface area (Å²) in [7, 11) is -3.73. The molecule has 0 saturated heterocycles. The lowest BCUT2D eigenvalue weighted by atomic mass is 10.1. The van der Waals surface area contributed by atoms with Crippen LogP contribution in [0.3, 0.4) is 0 Å². The number of sulfonamides is 1. The number of benzene rings is 2. The second-order valence-corrected chi connectivity index (χ2v) is 6.62. The summed E-state index contributed by atoms with van der Waals surface area (Å²) in [6.45, 7) is 1.88. The molecule has 22 heavy (non-hydrogen) atoms. The van der Waals surface area contributed by atoms with Crippen molar-refractivity contribution < 1.29 is 22.3 Å². The highest BCUT2D eigenvalue weighted by molar-refractivity contribution is 7.89. The van der Waals surface area contributed by atoms with Gasteiger partial charge in [-0.15, -0.1) is 0 Å². The Labute approximate surface area is 127 Å². The predicted molar refractivity (Wildman–Crippen MR) is 77.7 cm³/mol. The number of fused-ring (bicyclic) bond motifs is 1. The number of hydrogen-bond acceptors (Lipinski definition) is 4. The van der Waals surface area contributed by atoms with E-state index in [1.807, 2.05) is 0 Å². The molecule has 1 atom stereocenters. The van der Waals surface area contributed by atoms with Gasteiger partial charge in [-0.25, -0.2) is 17.5 Å². The maximum atomic E-state index is 12.9. The van der Waals surface area contributed by atoms with Crippen molar-refractivity contribution in [1.82, 2.24) is 4.72 Å². The van der Waals surface area contributed by atoms with Crippen molar-refractivity contribution in [2.75, 3.05) is 6.79 Å². The summed E-state index contributed by atoms with van der Waals surface area (Å²) in [6, 6.07) is 9.45. The lowest BCUT2D eigenvalue weighted by Crippen LogP contribution is -2.26. The Morgan fingerprint density at radius 1 is 1.09 bits per heavy atom. The van der Waals surface area contributed by atoms with Crippen molar-refractivity contribution in [3.05, 3.63) is 53.8 Å². The molecule has 0 amide bonds. The molecule has 2 aromatic carbocycles. The third-order valence-corrected chi connectivity index (χ3v) is 4.91. The average molecular weight is 323 g/mol. The zero-order valence-electron chi connectivity index (χ0n) is 11.7. The monoisotopic (exact) mass is 323 g/mol. The first-order chi connectivity index (χ1) is 10.5. The molecule has 0 aromatic heterocycles. The molecule has 1 N–H and O–H groups in total. The Kier molecular flexibility index (Phi) is 3.76. The Balaban J connectivity index is 1.81. The standard InChI is InChI=1S/C15H14FNO4S/c1-10(11-2-7-14-15(8-11)21-9-20-14)17-22(18,19)13-5-3-12(16)4-6-13/h2-8,10,17H,9H2,1H3/t10-/m1/s1. The van der Waals surface area contributed by atoms with E-state index in [0.29, 0.717) is 11.5 Å². The Morgan fingerprint density at radius 2 is 1.77 bits per heavy atom. The smallest absolute Gasteiger partial charge is 0.241 e. The number of rotatable bonds is 4. The van der Waals surface area contributed by atoms with E-state index >= 15 is 0 Å². The van der Waals surface area contributed by atoms with Gasteiger partial charge in [-0.2, -0.15) is 0 Å². The van der Waals surface area contributed by atoms with E-state index in [2.05, 4.69) is 4.72 Å². The fourth-order valence-corrected chi connectivity index (χ4v) is 3.40. The van der Waals surface area contributed by atoms with Crippen LogP contribution in [0.2, 0.25) is 0 Å². The fourth-order valence-electron chi connectivity index (χ4n) is 2.17. The molecule has 0 saturated carbocycles. The van der Waals surface area contributed by atoms with Gasteiger partial charge in [-0.05, 0) is 48.9 Å². The van der Waals surface area contributed by atoms with Crippen LogP contribution in [0.4, 0.5) is 4.39 Å². The second-order valence-electron chi connectivity index (χ2n) is 4.91.